The normalized spacial score (nSPS) is 11.0. The summed E-state index contributed by atoms with van der Waals surface area (Å²) in [5.74, 6) is 2.72. The number of pyridine rings is 1. The Morgan fingerprint density at radius 2 is 2.17 bits per heavy atom. The van der Waals surface area contributed by atoms with Crippen LogP contribution in [0.1, 0.15) is 11.7 Å². The average molecular weight is 338 g/mol. The molecule has 0 fully saturated rings. The summed E-state index contributed by atoms with van der Waals surface area (Å²) in [4.78, 5) is 18.3. The fourth-order valence-electron chi connectivity index (χ4n) is 2.35. The molecule has 7 nitrogen and oxygen atoms in total. The van der Waals surface area contributed by atoms with Crippen LogP contribution < -0.4 is 5.32 Å². The highest BCUT2D eigenvalue weighted by Gasteiger charge is 2.10. The Hall–Kier alpha value is -2.87. The van der Waals surface area contributed by atoms with Gasteiger partial charge in [-0.25, -0.2) is 9.97 Å². The molecule has 4 heterocycles. The van der Waals surface area contributed by atoms with Gasteiger partial charge < -0.3 is 9.84 Å². The Morgan fingerprint density at radius 1 is 1.21 bits per heavy atom. The molecule has 8 heteroatoms. The summed E-state index contributed by atoms with van der Waals surface area (Å²) in [6, 6.07) is 5.77. The smallest absolute Gasteiger partial charge is 0.228 e. The third-order valence-electron chi connectivity index (χ3n) is 3.46. The third kappa shape index (κ3) is 2.95. The molecule has 0 aliphatic heterocycles. The van der Waals surface area contributed by atoms with Crippen LogP contribution in [0.25, 0.3) is 21.6 Å². The average Bonchev–Trinajstić information content (AvgIpc) is 3.25. The van der Waals surface area contributed by atoms with E-state index in [1.54, 1.807) is 23.7 Å². The third-order valence-corrected chi connectivity index (χ3v) is 4.26. The van der Waals surface area contributed by atoms with Crippen LogP contribution in [-0.4, -0.2) is 31.6 Å². The second-order valence-electron chi connectivity index (χ2n) is 5.19. The zero-order valence-corrected chi connectivity index (χ0v) is 13.7. The number of hydrogen-bond donors (Lipinski definition) is 1. The molecule has 0 radical (unpaired) electrons. The van der Waals surface area contributed by atoms with Gasteiger partial charge in [-0.2, -0.15) is 4.98 Å². The van der Waals surface area contributed by atoms with Crippen LogP contribution in [0.2, 0.25) is 0 Å². The number of fused-ring (bicyclic) bond motifs is 1. The van der Waals surface area contributed by atoms with E-state index in [-0.39, 0.29) is 0 Å². The van der Waals surface area contributed by atoms with Crippen molar-refractivity contribution in [2.75, 3.05) is 11.9 Å². The number of thiophene rings is 1. The van der Waals surface area contributed by atoms with E-state index in [9.17, 15) is 0 Å². The van der Waals surface area contributed by atoms with E-state index in [0.717, 1.165) is 27.4 Å². The number of hydrogen-bond acceptors (Lipinski definition) is 8. The molecular weight excluding hydrogens is 324 g/mol. The van der Waals surface area contributed by atoms with Gasteiger partial charge in [-0.15, -0.1) is 11.3 Å². The second kappa shape index (κ2) is 6.32. The molecule has 24 heavy (non-hydrogen) atoms. The van der Waals surface area contributed by atoms with Gasteiger partial charge in [0.05, 0.1) is 5.39 Å². The van der Waals surface area contributed by atoms with Crippen molar-refractivity contribution in [3.05, 3.63) is 47.7 Å². The van der Waals surface area contributed by atoms with E-state index < -0.39 is 0 Å². The Kier molecular flexibility index (Phi) is 3.87. The summed E-state index contributed by atoms with van der Waals surface area (Å²) in [7, 11) is 0. The van der Waals surface area contributed by atoms with Crippen molar-refractivity contribution >= 4 is 27.4 Å². The summed E-state index contributed by atoms with van der Waals surface area (Å²) >= 11 is 1.61. The standard InChI is InChI=1S/C16H14N6OS/c1-10-19-15(12-5-8-24-16(12)20-10)18-7-4-13-21-14(22-23-13)11-3-2-6-17-9-11/h2-3,5-6,8-9H,4,7H2,1H3,(H,18,19,20). The summed E-state index contributed by atoms with van der Waals surface area (Å²) in [5.41, 5.74) is 0.840. The van der Waals surface area contributed by atoms with Crippen molar-refractivity contribution in [2.45, 2.75) is 13.3 Å². The predicted molar refractivity (Wildman–Crippen MR) is 91.9 cm³/mol. The van der Waals surface area contributed by atoms with Crippen molar-refractivity contribution in [1.29, 1.82) is 0 Å². The molecule has 1 N–H and O–H groups in total. The first-order chi connectivity index (χ1) is 11.8. The lowest BCUT2D eigenvalue weighted by molar-refractivity contribution is 0.381. The van der Waals surface area contributed by atoms with Crippen molar-refractivity contribution in [3.8, 4) is 11.4 Å². The van der Waals surface area contributed by atoms with E-state index in [4.69, 9.17) is 4.52 Å². The predicted octanol–water partition coefficient (Wildman–Crippen LogP) is 3.10. The van der Waals surface area contributed by atoms with Gasteiger partial charge in [-0.1, -0.05) is 5.16 Å². The molecular formula is C16H14N6OS. The fraction of sp³-hybridized carbons (Fsp3) is 0.188. The van der Waals surface area contributed by atoms with Crippen molar-refractivity contribution in [2.24, 2.45) is 0 Å². The molecule has 0 unspecified atom stereocenters. The van der Waals surface area contributed by atoms with E-state index >= 15 is 0 Å². The van der Waals surface area contributed by atoms with Gasteiger partial charge in [-0.3, -0.25) is 4.98 Å². The molecule has 0 saturated carbocycles. The lowest BCUT2D eigenvalue weighted by atomic mass is 10.3. The van der Waals surface area contributed by atoms with Crippen LogP contribution in [0.3, 0.4) is 0 Å². The van der Waals surface area contributed by atoms with Gasteiger partial charge in [0.15, 0.2) is 0 Å². The van der Waals surface area contributed by atoms with Crippen LogP contribution in [0.4, 0.5) is 5.82 Å². The SMILES string of the molecule is Cc1nc(NCCc2nc(-c3cccnc3)no2)c2ccsc2n1. The molecule has 4 aromatic heterocycles. The van der Waals surface area contributed by atoms with Gasteiger partial charge in [0, 0.05) is 30.9 Å². The van der Waals surface area contributed by atoms with E-state index in [1.165, 1.54) is 0 Å². The van der Waals surface area contributed by atoms with Crippen LogP contribution in [0, 0.1) is 6.92 Å². The second-order valence-corrected chi connectivity index (χ2v) is 6.08. The Morgan fingerprint density at radius 3 is 3.04 bits per heavy atom. The van der Waals surface area contributed by atoms with Crippen LogP contribution in [0.5, 0.6) is 0 Å². The van der Waals surface area contributed by atoms with Gasteiger partial charge in [0.25, 0.3) is 0 Å². The fourth-order valence-corrected chi connectivity index (χ4v) is 3.16. The molecule has 120 valence electrons. The molecule has 0 aliphatic rings. The molecule has 4 rings (SSSR count). The monoisotopic (exact) mass is 338 g/mol. The maximum absolute atomic E-state index is 5.29. The largest absolute Gasteiger partial charge is 0.369 e. The Labute approximate surface area is 141 Å². The Balaban J connectivity index is 1.44. The number of rotatable bonds is 5. The van der Waals surface area contributed by atoms with Crippen molar-refractivity contribution < 1.29 is 4.52 Å². The number of nitrogens with zero attached hydrogens (tertiary/aromatic N) is 5. The maximum atomic E-state index is 5.29. The Bertz CT molecular complexity index is 965. The highest BCUT2D eigenvalue weighted by atomic mass is 32.1. The minimum atomic E-state index is 0.552. The van der Waals surface area contributed by atoms with Crippen LogP contribution >= 0.6 is 11.3 Å². The first-order valence-electron chi connectivity index (χ1n) is 7.48. The molecule has 0 bridgehead atoms. The molecule has 0 amide bonds. The number of nitrogens with one attached hydrogen (secondary N) is 1. The number of anilines is 1. The molecule has 0 atom stereocenters. The highest BCUT2D eigenvalue weighted by molar-refractivity contribution is 7.16. The number of aryl methyl sites for hydroxylation is 1. The minimum Gasteiger partial charge on any atom is -0.369 e. The molecule has 0 spiro atoms. The van der Waals surface area contributed by atoms with Gasteiger partial charge in [0.2, 0.25) is 11.7 Å². The first kappa shape index (κ1) is 14.7. The van der Waals surface area contributed by atoms with Gasteiger partial charge in [-0.05, 0) is 30.5 Å². The summed E-state index contributed by atoms with van der Waals surface area (Å²) in [5, 5.41) is 10.4. The van der Waals surface area contributed by atoms with E-state index in [0.29, 0.717) is 24.7 Å². The quantitative estimate of drug-likeness (QED) is 0.598. The molecule has 4 aromatic rings. The highest BCUT2D eigenvalue weighted by Crippen LogP contribution is 2.24. The zero-order valence-electron chi connectivity index (χ0n) is 12.9. The maximum Gasteiger partial charge on any atom is 0.228 e. The summed E-state index contributed by atoms with van der Waals surface area (Å²) in [6.07, 6.45) is 4.04. The zero-order chi connectivity index (χ0) is 16.4. The number of aromatic nitrogens is 5. The van der Waals surface area contributed by atoms with E-state index in [2.05, 4.69) is 30.4 Å². The first-order valence-corrected chi connectivity index (χ1v) is 8.36. The molecule has 0 aliphatic carbocycles. The van der Waals surface area contributed by atoms with Crippen molar-refractivity contribution in [3.63, 3.8) is 0 Å². The molecule has 0 aromatic carbocycles. The lowest BCUT2D eigenvalue weighted by Gasteiger charge is -2.05. The topological polar surface area (TPSA) is 89.6 Å². The summed E-state index contributed by atoms with van der Waals surface area (Å²) in [6.45, 7) is 2.54. The van der Waals surface area contributed by atoms with E-state index in [1.807, 2.05) is 30.5 Å². The molecule has 0 saturated heterocycles. The lowest BCUT2D eigenvalue weighted by Crippen LogP contribution is -2.07. The van der Waals surface area contributed by atoms with Crippen molar-refractivity contribution in [1.82, 2.24) is 25.1 Å². The van der Waals surface area contributed by atoms with Gasteiger partial charge in [0.1, 0.15) is 16.5 Å². The minimum absolute atomic E-state index is 0.552. The van der Waals surface area contributed by atoms with Crippen LogP contribution in [0.15, 0.2) is 40.5 Å². The summed E-state index contributed by atoms with van der Waals surface area (Å²) < 4.78 is 5.29. The van der Waals surface area contributed by atoms with Crippen LogP contribution in [-0.2, 0) is 6.42 Å². The van der Waals surface area contributed by atoms with Gasteiger partial charge >= 0.3 is 0 Å².